The van der Waals surface area contributed by atoms with Gasteiger partial charge in [0, 0.05) is 60.7 Å². The Bertz CT molecular complexity index is 1370. The molecule has 1 aliphatic rings. The van der Waals surface area contributed by atoms with Gasteiger partial charge in [0.15, 0.2) is 9.79 Å². The first-order chi connectivity index (χ1) is 18.0. The van der Waals surface area contributed by atoms with Crippen molar-refractivity contribution in [2.24, 2.45) is 0 Å². The zero-order chi connectivity index (χ0) is 25.8. The highest BCUT2D eigenvalue weighted by Crippen LogP contribution is 2.30. The predicted molar refractivity (Wildman–Crippen MR) is 149 cm³/mol. The van der Waals surface area contributed by atoms with Crippen LogP contribution in [0.5, 0.6) is 0 Å². The van der Waals surface area contributed by atoms with Crippen LogP contribution in [0, 0.1) is 0 Å². The number of nitrogens with zero attached hydrogens (tertiary/aromatic N) is 2. The number of carboxylic acids is 1. The third-order valence-corrected chi connectivity index (χ3v) is 8.35. The minimum atomic E-state index is -1.58. The van der Waals surface area contributed by atoms with Crippen molar-refractivity contribution in [3.8, 4) is 11.1 Å². The third-order valence-electron chi connectivity index (χ3n) is 6.66. The average Bonchev–Trinajstić information content (AvgIpc) is 2.94. The third kappa shape index (κ3) is 5.84. The topological polar surface area (TPSA) is 66.8 Å². The van der Waals surface area contributed by atoms with E-state index in [2.05, 4.69) is 46.2 Å². The van der Waals surface area contributed by atoms with Crippen LogP contribution in [0.15, 0.2) is 107 Å². The molecule has 188 valence electrons. The molecule has 0 spiro atoms. The average molecular weight is 531 g/mol. The smallest absolute Gasteiger partial charge is 0.340 e. The Hall–Kier alpha value is -3.29. The maximum Gasteiger partial charge on any atom is 0.340 e. The normalized spacial score (nSPS) is 14.9. The standard InChI is InChI=1S/C30H27ClN2O3S/c31-24-12-10-22(11-13-24)27-9-5-4-6-23(27)21-32-16-18-33(19-17-32)25-14-15-28(30(34)35)29(20-25)37(36)26-7-2-1-3-8-26/h1-15,20H,16-19,21H2,(H,34,35). The van der Waals surface area contributed by atoms with E-state index < -0.39 is 17.1 Å². The summed E-state index contributed by atoms with van der Waals surface area (Å²) < 4.78 is 13.2. The molecular formula is C30H27ClN2O3S. The van der Waals surface area contributed by atoms with Crippen molar-refractivity contribution in [3.05, 3.63) is 113 Å². The van der Waals surface area contributed by atoms with Crippen LogP contribution in [0.25, 0.3) is 11.1 Å². The van der Waals surface area contributed by atoms with Gasteiger partial charge in [0.1, 0.15) is 5.56 Å². The summed E-state index contributed by atoms with van der Waals surface area (Å²) in [6.07, 6.45) is 0. The van der Waals surface area contributed by atoms with Crippen LogP contribution in [0.1, 0.15) is 15.9 Å². The van der Waals surface area contributed by atoms with Crippen LogP contribution in [-0.4, -0.2) is 46.7 Å². The fourth-order valence-corrected chi connectivity index (χ4v) is 6.05. The number of halogens is 1. The molecule has 4 aromatic rings. The summed E-state index contributed by atoms with van der Waals surface area (Å²) in [5.74, 6) is -1.07. The van der Waals surface area contributed by atoms with Gasteiger partial charge in [-0.15, -0.1) is 0 Å². The highest BCUT2D eigenvalue weighted by Gasteiger charge is 2.26. The van der Waals surface area contributed by atoms with Crippen molar-refractivity contribution in [2.75, 3.05) is 31.1 Å². The van der Waals surface area contributed by atoms with Crippen molar-refractivity contribution in [1.82, 2.24) is 4.90 Å². The van der Waals surface area contributed by atoms with Gasteiger partial charge in [-0.1, -0.05) is 66.2 Å². The summed E-state index contributed by atoms with van der Waals surface area (Å²) >= 11 is 4.51. The Kier molecular flexibility index (Phi) is 7.82. The van der Waals surface area contributed by atoms with Crippen LogP contribution >= 0.6 is 11.6 Å². The SMILES string of the molecule is O=C(O)c1ccc(N2CCN(Cc3ccccc3-c3ccc(Cl)cc3)CC2)cc1[S+]([O-])c1ccccc1. The molecule has 1 atom stereocenters. The van der Waals surface area contributed by atoms with E-state index in [4.69, 9.17) is 11.6 Å². The van der Waals surface area contributed by atoms with Gasteiger partial charge in [0.2, 0.25) is 0 Å². The van der Waals surface area contributed by atoms with Crippen molar-refractivity contribution in [1.29, 1.82) is 0 Å². The van der Waals surface area contributed by atoms with E-state index >= 15 is 0 Å². The number of rotatable bonds is 7. The van der Waals surface area contributed by atoms with Gasteiger partial charge in [-0.2, -0.15) is 0 Å². The second kappa shape index (κ2) is 11.4. The lowest BCUT2D eigenvalue weighted by molar-refractivity contribution is 0.0692. The number of carboxylic acid groups (broad SMARTS) is 1. The molecule has 0 aromatic heterocycles. The lowest BCUT2D eigenvalue weighted by Gasteiger charge is -2.36. The summed E-state index contributed by atoms with van der Waals surface area (Å²) in [4.78, 5) is 17.4. The molecule has 0 amide bonds. The second-order valence-electron chi connectivity index (χ2n) is 8.99. The number of anilines is 1. The van der Waals surface area contributed by atoms with Gasteiger partial charge in [-0.05, 0) is 53.1 Å². The van der Waals surface area contributed by atoms with Gasteiger partial charge < -0.3 is 14.6 Å². The molecule has 5 nitrogen and oxygen atoms in total. The molecular weight excluding hydrogens is 504 g/mol. The minimum absolute atomic E-state index is 0.0726. The molecule has 37 heavy (non-hydrogen) atoms. The first-order valence-corrected chi connectivity index (χ1v) is 13.7. The summed E-state index contributed by atoms with van der Waals surface area (Å²) in [7, 11) is 0. The predicted octanol–water partition coefficient (Wildman–Crippen LogP) is 6.19. The van der Waals surface area contributed by atoms with Gasteiger partial charge in [0.25, 0.3) is 0 Å². The maximum atomic E-state index is 13.2. The minimum Gasteiger partial charge on any atom is -0.606 e. The molecule has 7 heteroatoms. The fraction of sp³-hybridized carbons (Fsp3) is 0.167. The summed E-state index contributed by atoms with van der Waals surface area (Å²) in [5, 5.41) is 10.4. The highest BCUT2D eigenvalue weighted by molar-refractivity contribution is 7.91. The first-order valence-electron chi connectivity index (χ1n) is 12.1. The second-order valence-corrected chi connectivity index (χ2v) is 10.9. The molecule has 4 aromatic carbocycles. The Morgan fingerprint density at radius 3 is 2.24 bits per heavy atom. The molecule has 0 radical (unpaired) electrons. The lowest BCUT2D eigenvalue weighted by atomic mass is 9.99. The van der Waals surface area contributed by atoms with E-state index in [-0.39, 0.29) is 5.56 Å². The number of benzene rings is 4. The number of aromatic carboxylic acids is 1. The van der Waals surface area contributed by atoms with Crippen molar-refractivity contribution in [3.63, 3.8) is 0 Å². The van der Waals surface area contributed by atoms with Crippen LogP contribution in [0.4, 0.5) is 5.69 Å². The molecule has 1 fully saturated rings. The van der Waals surface area contributed by atoms with Gasteiger partial charge in [-0.25, -0.2) is 4.79 Å². The Balaban J connectivity index is 1.30. The Morgan fingerprint density at radius 2 is 1.54 bits per heavy atom. The summed E-state index contributed by atoms with van der Waals surface area (Å²) in [6, 6.07) is 30.5. The Labute approximate surface area is 225 Å². The fourth-order valence-electron chi connectivity index (χ4n) is 4.68. The van der Waals surface area contributed by atoms with Crippen LogP contribution in [0.2, 0.25) is 5.02 Å². The zero-order valence-corrected chi connectivity index (χ0v) is 21.8. The van der Waals surface area contributed by atoms with E-state index in [1.165, 1.54) is 11.1 Å². The van der Waals surface area contributed by atoms with Crippen LogP contribution < -0.4 is 4.90 Å². The molecule has 0 bridgehead atoms. The molecule has 5 rings (SSSR count). The van der Waals surface area contributed by atoms with Crippen molar-refractivity contribution < 1.29 is 14.5 Å². The van der Waals surface area contributed by atoms with Gasteiger partial charge in [0.05, 0.1) is 0 Å². The molecule has 1 N–H and O–H groups in total. The lowest BCUT2D eigenvalue weighted by Crippen LogP contribution is -2.46. The van der Waals surface area contributed by atoms with Gasteiger partial charge in [-0.3, -0.25) is 4.90 Å². The molecule has 1 saturated heterocycles. The summed E-state index contributed by atoms with van der Waals surface area (Å²) in [5.41, 5.74) is 4.59. The molecule has 1 heterocycles. The van der Waals surface area contributed by atoms with E-state index in [9.17, 15) is 14.5 Å². The molecule has 0 saturated carbocycles. The highest BCUT2D eigenvalue weighted by atomic mass is 35.5. The number of carbonyl (C=O) groups is 1. The largest absolute Gasteiger partial charge is 0.606 e. The monoisotopic (exact) mass is 530 g/mol. The number of piperazine rings is 1. The van der Waals surface area contributed by atoms with E-state index in [0.717, 1.165) is 49.0 Å². The quantitative estimate of drug-likeness (QED) is 0.288. The zero-order valence-electron chi connectivity index (χ0n) is 20.2. The van der Waals surface area contributed by atoms with Crippen LogP contribution in [0.3, 0.4) is 0 Å². The summed E-state index contributed by atoms with van der Waals surface area (Å²) in [6.45, 7) is 4.17. The molecule has 1 unspecified atom stereocenters. The Morgan fingerprint density at radius 1 is 0.865 bits per heavy atom. The van der Waals surface area contributed by atoms with E-state index in [0.29, 0.717) is 9.79 Å². The maximum absolute atomic E-state index is 13.2. The van der Waals surface area contributed by atoms with Crippen LogP contribution in [-0.2, 0) is 17.7 Å². The molecule has 1 aliphatic heterocycles. The number of hydrogen-bond donors (Lipinski definition) is 1. The van der Waals surface area contributed by atoms with Crippen molar-refractivity contribution in [2.45, 2.75) is 16.3 Å². The number of hydrogen-bond acceptors (Lipinski definition) is 4. The van der Waals surface area contributed by atoms with E-state index in [1.54, 1.807) is 24.3 Å². The van der Waals surface area contributed by atoms with E-state index in [1.807, 2.05) is 36.4 Å². The molecule has 0 aliphatic carbocycles. The first kappa shape index (κ1) is 25.4. The van der Waals surface area contributed by atoms with Crippen molar-refractivity contribution >= 4 is 34.4 Å². The van der Waals surface area contributed by atoms with Gasteiger partial charge >= 0.3 is 5.97 Å².